The second-order valence-electron chi connectivity index (χ2n) is 10.2. The molecule has 0 spiro atoms. The van der Waals surface area contributed by atoms with Crippen LogP contribution < -0.4 is 9.47 Å². The summed E-state index contributed by atoms with van der Waals surface area (Å²) in [6.45, 7) is 0. The average molecular weight is 392 g/mol. The highest BCUT2D eigenvalue weighted by Crippen LogP contribution is 2.63. The zero-order valence-electron chi connectivity index (χ0n) is 17.3. The van der Waals surface area contributed by atoms with Gasteiger partial charge >= 0.3 is 0 Å². The minimum absolute atomic E-state index is 0.0228. The van der Waals surface area contributed by atoms with Crippen molar-refractivity contribution in [1.29, 1.82) is 0 Å². The Morgan fingerprint density at radius 1 is 0.931 bits per heavy atom. The van der Waals surface area contributed by atoms with Gasteiger partial charge in [0.15, 0.2) is 11.5 Å². The van der Waals surface area contributed by atoms with Crippen LogP contribution in [0.4, 0.5) is 0 Å². The Hall–Kier alpha value is -2.10. The number of rotatable bonds is 5. The molecule has 0 N–H and O–H groups in total. The normalized spacial score (nSPS) is 37.0. The van der Waals surface area contributed by atoms with E-state index in [0.29, 0.717) is 17.5 Å². The maximum Gasteiger partial charge on any atom is 0.162 e. The van der Waals surface area contributed by atoms with Crippen LogP contribution in [0.3, 0.4) is 0 Å². The van der Waals surface area contributed by atoms with E-state index in [-0.39, 0.29) is 11.3 Å². The summed E-state index contributed by atoms with van der Waals surface area (Å²) in [5.41, 5.74) is 2.12. The van der Waals surface area contributed by atoms with Crippen LogP contribution in [0.15, 0.2) is 24.4 Å². The molecule has 4 nitrogen and oxygen atoms in total. The largest absolute Gasteiger partial charge is 0.493 e. The predicted octanol–water partition coefficient (Wildman–Crippen LogP) is 5.14. The van der Waals surface area contributed by atoms with E-state index in [1.54, 1.807) is 14.2 Å². The maximum absolute atomic E-state index is 13.6. The van der Waals surface area contributed by atoms with Crippen molar-refractivity contribution in [2.75, 3.05) is 14.2 Å². The SMILES string of the molecule is COc1cc2cc(C3CC3C(=O)C34CC5CC(CC(C5)C3)C4)cnc2cc1OC. The third-order valence-electron chi connectivity index (χ3n) is 8.32. The average Bonchev–Trinajstić information content (AvgIpc) is 3.51. The van der Waals surface area contributed by atoms with Gasteiger partial charge in [0.1, 0.15) is 5.78 Å². The number of ether oxygens (including phenoxy) is 2. The molecule has 29 heavy (non-hydrogen) atoms. The van der Waals surface area contributed by atoms with Crippen molar-refractivity contribution < 1.29 is 14.3 Å². The van der Waals surface area contributed by atoms with Crippen LogP contribution in [0.5, 0.6) is 11.5 Å². The molecule has 152 valence electrons. The number of aromatic nitrogens is 1. The fourth-order valence-corrected chi connectivity index (χ4v) is 7.33. The molecule has 4 bridgehead atoms. The van der Waals surface area contributed by atoms with Crippen LogP contribution in [0.1, 0.15) is 56.4 Å². The fourth-order valence-electron chi connectivity index (χ4n) is 7.33. The summed E-state index contributed by atoms with van der Waals surface area (Å²) in [5.74, 6) is 5.05. The Bertz CT molecular complexity index is 962. The van der Waals surface area contributed by atoms with E-state index in [4.69, 9.17) is 9.47 Å². The number of pyridine rings is 1. The van der Waals surface area contributed by atoms with Gasteiger partial charge in [0.05, 0.1) is 19.7 Å². The van der Waals surface area contributed by atoms with Gasteiger partial charge in [-0.05, 0) is 86.3 Å². The topological polar surface area (TPSA) is 48.4 Å². The van der Waals surface area contributed by atoms with Crippen molar-refractivity contribution in [3.05, 3.63) is 30.0 Å². The summed E-state index contributed by atoms with van der Waals surface area (Å²) in [6.07, 6.45) is 10.7. The molecule has 5 saturated carbocycles. The third-order valence-corrected chi connectivity index (χ3v) is 8.32. The van der Waals surface area contributed by atoms with Gasteiger partial charge in [0.2, 0.25) is 0 Å². The summed E-state index contributed by atoms with van der Waals surface area (Å²) < 4.78 is 10.8. The van der Waals surface area contributed by atoms with Crippen LogP contribution >= 0.6 is 0 Å². The summed E-state index contributed by atoms with van der Waals surface area (Å²) in [6, 6.07) is 6.10. The molecule has 2 unspecified atom stereocenters. The number of benzene rings is 1. The van der Waals surface area contributed by atoms with Gasteiger partial charge in [0, 0.05) is 29.0 Å². The quantitative estimate of drug-likeness (QED) is 0.708. The van der Waals surface area contributed by atoms with Crippen LogP contribution in [0, 0.1) is 29.1 Å². The standard InChI is InChI=1S/C25H29NO3/c1-28-22-7-17-6-18(13-26-21(17)9-23(22)29-2)19-8-20(19)24(27)25-10-14-3-15(11-25)5-16(4-14)12-25/h6-7,9,13-16,19-20H,3-5,8,10-12H2,1-2H3. The predicted molar refractivity (Wildman–Crippen MR) is 111 cm³/mol. The number of fused-ring (bicyclic) bond motifs is 1. The lowest BCUT2D eigenvalue weighted by atomic mass is 9.48. The first kappa shape index (κ1) is 17.7. The molecular weight excluding hydrogens is 362 g/mol. The van der Waals surface area contributed by atoms with Crippen molar-refractivity contribution >= 4 is 16.7 Å². The Labute approximate surface area is 172 Å². The lowest BCUT2D eigenvalue weighted by molar-refractivity contribution is -0.145. The minimum Gasteiger partial charge on any atom is -0.493 e. The van der Waals surface area contributed by atoms with Gasteiger partial charge in [-0.2, -0.15) is 0 Å². The number of nitrogens with zero attached hydrogens (tertiary/aromatic N) is 1. The smallest absolute Gasteiger partial charge is 0.162 e. The molecule has 0 aliphatic heterocycles. The molecule has 1 heterocycles. The molecule has 7 rings (SSSR count). The molecule has 5 aliphatic rings. The highest BCUT2D eigenvalue weighted by atomic mass is 16.5. The number of methoxy groups -OCH3 is 2. The van der Waals surface area contributed by atoms with Crippen molar-refractivity contribution in [2.45, 2.75) is 50.9 Å². The van der Waals surface area contributed by atoms with Crippen LogP contribution in [-0.2, 0) is 4.79 Å². The number of carbonyl (C=O) groups excluding carboxylic acids is 1. The van der Waals surface area contributed by atoms with Crippen LogP contribution in [0.25, 0.3) is 10.9 Å². The Morgan fingerprint density at radius 2 is 1.55 bits per heavy atom. The Morgan fingerprint density at radius 3 is 2.17 bits per heavy atom. The van der Waals surface area contributed by atoms with E-state index in [1.165, 1.54) is 44.1 Å². The maximum atomic E-state index is 13.6. The summed E-state index contributed by atoms with van der Waals surface area (Å²) in [4.78, 5) is 18.3. The van der Waals surface area contributed by atoms with Gasteiger partial charge in [-0.25, -0.2) is 0 Å². The Kier molecular flexibility index (Phi) is 3.79. The zero-order valence-corrected chi connectivity index (χ0v) is 17.3. The summed E-state index contributed by atoms with van der Waals surface area (Å²) >= 11 is 0. The molecular formula is C25H29NO3. The molecule has 0 saturated heterocycles. The highest BCUT2D eigenvalue weighted by molar-refractivity contribution is 5.91. The first-order valence-electron chi connectivity index (χ1n) is 11.1. The highest BCUT2D eigenvalue weighted by Gasteiger charge is 2.59. The molecule has 5 aliphatic carbocycles. The van der Waals surface area contributed by atoms with E-state index < -0.39 is 0 Å². The molecule has 0 radical (unpaired) electrons. The molecule has 0 amide bonds. The van der Waals surface area contributed by atoms with Crippen LogP contribution in [0.2, 0.25) is 0 Å². The lowest BCUT2D eigenvalue weighted by Crippen LogP contribution is -2.50. The zero-order chi connectivity index (χ0) is 19.8. The van der Waals surface area contributed by atoms with Crippen molar-refractivity contribution in [1.82, 2.24) is 4.98 Å². The molecule has 4 heteroatoms. The van der Waals surface area contributed by atoms with Crippen LogP contribution in [-0.4, -0.2) is 25.0 Å². The van der Waals surface area contributed by atoms with Gasteiger partial charge in [-0.3, -0.25) is 9.78 Å². The van der Waals surface area contributed by atoms with Gasteiger partial charge in [-0.1, -0.05) is 0 Å². The number of hydrogen-bond acceptors (Lipinski definition) is 4. The van der Waals surface area contributed by atoms with Gasteiger partial charge < -0.3 is 9.47 Å². The van der Waals surface area contributed by atoms with Crippen molar-refractivity contribution in [3.8, 4) is 11.5 Å². The van der Waals surface area contributed by atoms with E-state index >= 15 is 0 Å². The molecule has 2 atom stereocenters. The number of carbonyl (C=O) groups is 1. The third kappa shape index (κ3) is 2.71. The summed E-state index contributed by atoms with van der Waals surface area (Å²) in [7, 11) is 3.30. The van der Waals surface area contributed by atoms with Gasteiger partial charge in [0.25, 0.3) is 0 Å². The molecule has 1 aromatic carbocycles. The fraction of sp³-hybridized carbons (Fsp3) is 0.600. The monoisotopic (exact) mass is 391 g/mol. The van der Waals surface area contributed by atoms with Crippen molar-refractivity contribution in [3.63, 3.8) is 0 Å². The minimum atomic E-state index is 0.0228. The lowest BCUT2D eigenvalue weighted by Gasteiger charge is -2.56. The van der Waals surface area contributed by atoms with Gasteiger partial charge in [-0.15, -0.1) is 0 Å². The number of Topliss-reactive ketones (excluding diaryl/α,β-unsaturated/α-hetero) is 1. The first-order chi connectivity index (χ1) is 14.1. The Balaban J connectivity index is 1.26. The second-order valence-corrected chi connectivity index (χ2v) is 10.2. The molecule has 5 fully saturated rings. The van der Waals surface area contributed by atoms with E-state index in [9.17, 15) is 4.79 Å². The molecule has 1 aromatic heterocycles. The number of ketones is 1. The molecule has 2 aromatic rings. The van der Waals surface area contributed by atoms with Crippen molar-refractivity contribution in [2.24, 2.45) is 29.1 Å². The first-order valence-corrected chi connectivity index (χ1v) is 11.1. The van der Waals surface area contributed by atoms with E-state index in [2.05, 4.69) is 11.1 Å². The number of hydrogen-bond donors (Lipinski definition) is 0. The summed E-state index contributed by atoms with van der Waals surface area (Å²) in [5, 5.41) is 1.05. The van der Waals surface area contributed by atoms with E-state index in [1.807, 2.05) is 18.3 Å². The second kappa shape index (κ2) is 6.20. The van der Waals surface area contributed by atoms with E-state index in [0.717, 1.165) is 40.8 Å².